The van der Waals surface area contributed by atoms with Gasteiger partial charge in [0.2, 0.25) is 0 Å². The van der Waals surface area contributed by atoms with Crippen LogP contribution in [0.4, 0.5) is 11.4 Å². The van der Waals surface area contributed by atoms with E-state index in [9.17, 15) is 14.7 Å². The van der Waals surface area contributed by atoms with Gasteiger partial charge in [-0.1, -0.05) is 0 Å². The number of ether oxygens (including phenoxy) is 4. The lowest BCUT2D eigenvalue weighted by Gasteiger charge is -2.39. The van der Waals surface area contributed by atoms with Gasteiger partial charge in [-0.25, -0.2) is 5.84 Å². The molecule has 2 unspecified atom stereocenters. The molecule has 49 heavy (non-hydrogen) atoms. The quantitative estimate of drug-likeness (QED) is 0.245. The SMILES string of the molecule is COc1cc2c(cc1OCCCCCOc1cc3c(c(C)c1OC)C(=O)N1CC4(CC4)C[C@H]1CN3)N(N)C(O)C1(C)CC3(CC3)CN1C2=O. The zero-order valence-corrected chi connectivity index (χ0v) is 29.1. The molecule has 2 saturated carbocycles. The molecular formula is C37H49N5O7. The zero-order chi connectivity index (χ0) is 34.3. The van der Waals surface area contributed by atoms with E-state index in [1.54, 1.807) is 26.4 Å². The van der Waals surface area contributed by atoms with Gasteiger partial charge in [-0.2, -0.15) is 0 Å². The lowest BCUT2D eigenvalue weighted by atomic mass is 9.90. The van der Waals surface area contributed by atoms with Crippen molar-refractivity contribution < 1.29 is 33.6 Å². The van der Waals surface area contributed by atoms with Gasteiger partial charge in [0, 0.05) is 43.4 Å². The first-order valence-corrected chi connectivity index (χ1v) is 17.8. The molecular weight excluding hydrogens is 626 g/mol. The van der Waals surface area contributed by atoms with Crippen LogP contribution in [0.3, 0.4) is 0 Å². The number of aliphatic hydroxyl groups excluding tert-OH is 1. The Hall–Kier alpha value is -3.90. The summed E-state index contributed by atoms with van der Waals surface area (Å²) in [5.74, 6) is 8.60. The lowest BCUT2D eigenvalue weighted by molar-refractivity contribution is 0.00878. The van der Waals surface area contributed by atoms with Crippen LogP contribution in [0.15, 0.2) is 18.2 Å². The average molecular weight is 676 g/mol. The smallest absolute Gasteiger partial charge is 0.256 e. The predicted octanol–water partition coefficient (Wildman–Crippen LogP) is 4.46. The number of anilines is 2. The number of hydrogen-bond acceptors (Lipinski definition) is 10. The minimum absolute atomic E-state index is 0.0882. The maximum atomic E-state index is 13.8. The van der Waals surface area contributed by atoms with Crippen molar-refractivity contribution in [2.45, 2.75) is 89.4 Å². The summed E-state index contributed by atoms with van der Waals surface area (Å²) in [5, 5.41) is 16.2. The molecule has 0 aromatic heterocycles. The Morgan fingerprint density at radius 1 is 0.918 bits per heavy atom. The Labute approximate surface area is 287 Å². The highest BCUT2D eigenvalue weighted by molar-refractivity contribution is 6.04. The van der Waals surface area contributed by atoms with E-state index in [0.29, 0.717) is 65.0 Å². The number of nitrogens with one attached hydrogen (secondary N) is 1. The second-order valence-electron chi connectivity index (χ2n) is 15.6. The van der Waals surface area contributed by atoms with Crippen LogP contribution in [0.5, 0.6) is 23.0 Å². The number of unbranched alkanes of at least 4 members (excludes halogenated alkanes) is 2. The second-order valence-corrected chi connectivity index (χ2v) is 15.6. The monoisotopic (exact) mass is 675 g/mol. The van der Waals surface area contributed by atoms with Crippen LogP contribution in [0.1, 0.15) is 91.0 Å². The highest BCUT2D eigenvalue weighted by Crippen LogP contribution is 2.60. The highest BCUT2D eigenvalue weighted by atomic mass is 16.5. The molecule has 4 aliphatic heterocycles. The number of amides is 2. The van der Waals surface area contributed by atoms with Crippen molar-refractivity contribution in [2.75, 3.05) is 57.4 Å². The van der Waals surface area contributed by atoms with E-state index in [4.69, 9.17) is 24.8 Å². The standard InChI is InChI=1S/C37H49N5O7/c1-22-30-25(39-18-23-17-36(8-9-36)20-40(23)33(30)44)15-29(31(22)47-4)49-13-7-5-6-12-48-28-16-26-24(14-27(28)46-3)32(43)41-21-37(10-11-37)19-35(41,2)34(45)42(26)38/h14-16,23,34,39,45H,5-13,17-21,38H2,1-4H3/t23-,34?,35?/m0/s1. The first kappa shape index (κ1) is 32.3. The number of carbonyl (C=O) groups excluding carboxylic acids is 2. The molecule has 3 atom stereocenters. The summed E-state index contributed by atoms with van der Waals surface area (Å²) in [6.45, 7) is 7.02. The van der Waals surface area contributed by atoms with Crippen molar-refractivity contribution in [1.82, 2.24) is 9.80 Å². The topological polar surface area (TPSA) is 139 Å². The van der Waals surface area contributed by atoms with Gasteiger partial charge in [-0.3, -0.25) is 14.6 Å². The summed E-state index contributed by atoms with van der Waals surface area (Å²) in [4.78, 5) is 31.4. The predicted molar refractivity (Wildman–Crippen MR) is 184 cm³/mol. The minimum atomic E-state index is -1.05. The van der Waals surface area contributed by atoms with Crippen LogP contribution < -0.4 is 35.1 Å². The van der Waals surface area contributed by atoms with Crippen LogP contribution in [0, 0.1) is 17.8 Å². The average Bonchev–Trinajstić information content (AvgIpc) is 3.98. The van der Waals surface area contributed by atoms with Crippen molar-refractivity contribution in [1.29, 1.82) is 0 Å². The molecule has 0 radical (unpaired) electrons. The molecule has 6 aliphatic rings. The van der Waals surface area contributed by atoms with Gasteiger partial charge in [0.15, 0.2) is 29.2 Å². The number of fused-ring (bicyclic) bond motifs is 4. The van der Waals surface area contributed by atoms with Crippen LogP contribution in [-0.4, -0.2) is 91.6 Å². The van der Waals surface area contributed by atoms with E-state index in [1.807, 2.05) is 24.8 Å². The molecule has 2 spiro atoms. The maximum Gasteiger partial charge on any atom is 0.256 e. The molecule has 0 bridgehead atoms. The minimum Gasteiger partial charge on any atom is -0.493 e. The molecule has 12 nitrogen and oxygen atoms in total. The van der Waals surface area contributed by atoms with E-state index >= 15 is 0 Å². The third-order valence-electron chi connectivity index (χ3n) is 12.2. The number of carbonyl (C=O) groups is 2. The molecule has 4 N–H and O–H groups in total. The molecule has 12 heteroatoms. The van der Waals surface area contributed by atoms with Crippen LogP contribution in [0.25, 0.3) is 0 Å². The van der Waals surface area contributed by atoms with Gasteiger partial charge in [-0.05, 0) is 88.5 Å². The Morgan fingerprint density at radius 3 is 2.31 bits per heavy atom. The first-order valence-electron chi connectivity index (χ1n) is 17.8. The van der Waals surface area contributed by atoms with E-state index < -0.39 is 11.8 Å². The summed E-state index contributed by atoms with van der Waals surface area (Å²) in [6, 6.07) is 5.53. The van der Waals surface area contributed by atoms with E-state index in [1.165, 1.54) is 17.9 Å². The number of hydrogen-bond donors (Lipinski definition) is 3. The first-order chi connectivity index (χ1) is 23.5. The Kier molecular flexibility index (Phi) is 7.64. The van der Waals surface area contributed by atoms with Crippen molar-refractivity contribution >= 4 is 23.2 Å². The molecule has 4 heterocycles. The molecule has 2 amide bonds. The summed E-state index contributed by atoms with van der Waals surface area (Å²) in [7, 11) is 3.17. The Morgan fingerprint density at radius 2 is 1.63 bits per heavy atom. The van der Waals surface area contributed by atoms with Crippen LogP contribution >= 0.6 is 0 Å². The fourth-order valence-electron chi connectivity index (χ4n) is 9.04. The molecule has 264 valence electrons. The van der Waals surface area contributed by atoms with E-state index in [0.717, 1.165) is 69.3 Å². The van der Waals surface area contributed by atoms with Gasteiger partial charge in [0.25, 0.3) is 11.8 Å². The number of nitrogens with zero attached hydrogens (tertiary/aromatic N) is 3. The molecule has 4 fully saturated rings. The third kappa shape index (κ3) is 5.24. The van der Waals surface area contributed by atoms with Crippen molar-refractivity contribution in [3.63, 3.8) is 0 Å². The number of aliphatic hydroxyl groups is 1. The lowest BCUT2D eigenvalue weighted by Crippen LogP contribution is -2.59. The maximum absolute atomic E-state index is 13.8. The Balaban J connectivity index is 0.879. The van der Waals surface area contributed by atoms with Crippen molar-refractivity contribution in [3.8, 4) is 23.0 Å². The van der Waals surface area contributed by atoms with Gasteiger partial charge in [0.05, 0.1) is 55.5 Å². The van der Waals surface area contributed by atoms with Gasteiger partial charge in [0.1, 0.15) is 0 Å². The normalized spacial score (nSPS) is 26.8. The number of benzene rings is 2. The zero-order valence-electron chi connectivity index (χ0n) is 29.1. The van der Waals surface area contributed by atoms with Gasteiger partial charge in [-0.15, -0.1) is 0 Å². The van der Waals surface area contributed by atoms with Crippen molar-refractivity contribution in [2.24, 2.45) is 16.7 Å². The number of rotatable bonds is 10. The summed E-state index contributed by atoms with van der Waals surface area (Å²) in [5.41, 5.74) is 2.81. The third-order valence-corrected chi connectivity index (χ3v) is 12.2. The number of hydrazine groups is 1. The number of methoxy groups -OCH3 is 2. The highest BCUT2D eigenvalue weighted by Gasteiger charge is 2.63. The van der Waals surface area contributed by atoms with Crippen molar-refractivity contribution in [3.05, 3.63) is 34.9 Å². The van der Waals surface area contributed by atoms with Crippen LogP contribution in [-0.2, 0) is 0 Å². The molecule has 2 aromatic rings. The fraction of sp³-hybridized carbons (Fsp3) is 0.622. The fourth-order valence-corrected chi connectivity index (χ4v) is 9.04. The van der Waals surface area contributed by atoms with E-state index in [2.05, 4.69) is 10.2 Å². The Bertz CT molecular complexity index is 1690. The summed E-state index contributed by atoms with van der Waals surface area (Å²) >= 11 is 0. The molecule has 2 aliphatic carbocycles. The van der Waals surface area contributed by atoms with E-state index in [-0.39, 0.29) is 23.3 Å². The van der Waals surface area contributed by atoms with Crippen LogP contribution in [0.2, 0.25) is 0 Å². The molecule has 2 aromatic carbocycles. The molecule has 2 saturated heterocycles. The molecule has 8 rings (SSSR count). The number of nitrogens with two attached hydrogens (primary N) is 1. The summed E-state index contributed by atoms with van der Waals surface area (Å²) in [6.07, 6.45) is 7.75. The van der Waals surface area contributed by atoms with Gasteiger partial charge < -0.3 is 39.2 Å². The largest absolute Gasteiger partial charge is 0.493 e. The summed E-state index contributed by atoms with van der Waals surface area (Å²) < 4.78 is 23.8. The van der Waals surface area contributed by atoms with Gasteiger partial charge >= 0.3 is 0 Å². The second kappa shape index (κ2) is 11.6.